The maximum Gasteiger partial charge on any atom is 0.184 e. The molecule has 1 aliphatic heterocycles. The zero-order valence-corrected chi connectivity index (χ0v) is 10.9. The molecule has 1 aliphatic rings. The first-order chi connectivity index (χ1) is 9.72. The smallest absolute Gasteiger partial charge is 0.184 e. The first-order valence-electron chi connectivity index (χ1n) is 6.42. The quantitative estimate of drug-likeness (QED) is 0.470. The summed E-state index contributed by atoms with van der Waals surface area (Å²) in [5.74, 6) is 0. The van der Waals surface area contributed by atoms with E-state index in [4.69, 9.17) is 15.0 Å². The number of aliphatic hydroxyl groups is 2. The van der Waals surface area contributed by atoms with Crippen LogP contribution in [0.3, 0.4) is 0 Å². The highest BCUT2D eigenvalue weighted by atomic mass is 16.7. The number of aliphatic hydroxyl groups excluding tert-OH is 2. The average molecular weight is 279 g/mol. The molecule has 0 bridgehead atoms. The second-order valence-electron chi connectivity index (χ2n) is 4.50. The van der Waals surface area contributed by atoms with Gasteiger partial charge in [0.1, 0.15) is 6.10 Å². The fourth-order valence-electron chi connectivity index (χ4n) is 2.06. The summed E-state index contributed by atoms with van der Waals surface area (Å²) in [7, 11) is 0. The fraction of sp³-hybridized carbons (Fsp3) is 0.538. The van der Waals surface area contributed by atoms with E-state index in [9.17, 15) is 10.2 Å². The van der Waals surface area contributed by atoms with Crippen LogP contribution in [0.4, 0.5) is 0 Å². The third-order valence-electron chi connectivity index (χ3n) is 3.10. The van der Waals surface area contributed by atoms with E-state index in [0.29, 0.717) is 18.8 Å². The molecule has 0 radical (unpaired) electrons. The number of rotatable bonds is 6. The molecule has 2 N–H and O–H groups in total. The summed E-state index contributed by atoms with van der Waals surface area (Å²) in [6.45, 7) is 1.24. The Labute approximate surface area is 116 Å². The molecule has 20 heavy (non-hydrogen) atoms. The van der Waals surface area contributed by atoms with Crippen LogP contribution in [0.15, 0.2) is 29.4 Å². The highest BCUT2D eigenvalue weighted by Crippen LogP contribution is 2.27. The lowest BCUT2D eigenvalue weighted by atomic mass is 10.00. The van der Waals surface area contributed by atoms with Crippen LogP contribution in [-0.2, 0) is 9.47 Å². The summed E-state index contributed by atoms with van der Waals surface area (Å²) in [6, 6.07) is 7.09. The van der Waals surface area contributed by atoms with Crippen molar-refractivity contribution < 1.29 is 19.7 Å². The van der Waals surface area contributed by atoms with Gasteiger partial charge in [0.25, 0.3) is 0 Å². The molecule has 1 aromatic carbocycles. The summed E-state index contributed by atoms with van der Waals surface area (Å²) >= 11 is 0. The van der Waals surface area contributed by atoms with Gasteiger partial charge in [0.05, 0.1) is 19.3 Å². The largest absolute Gasteiger partial charge is 0.390 e. The van der Waals surface area contributed by atoms with Crippen molar-refractivity contribution in [2.75, 3.05) is 19.8 Å². The van der Waals surface area contributed by atoms with Gasteiger partial charge in [0, 0.05) is 17.0 Å². The zero-order valence-electron chi connectivity index (χ0n) is 10.9. The molecular formula is C13H17N3O4. The number of hydrogen-bond donors (Lipinski definition) is 2. The van der Waals surface area contributed by atoms with Crippen molar-refractivity contribution in [3.63, 3.8) is 0 Å². The highest BCUT2D eigenvalue weighted by Gasteiger charge is 2.22. The first kappa shape index (κ1) is 14.8. The van der Waals surface area contributed by atoms with Crippen LogP contribution in [0.1, 0.15) is 29.9 Å². The van der Waals surface area contributed by atoms with Crippen LogP contribution >= 0.6 is 0 Å². The normalized spacial score (nSPS) is 18.5. The molecule has 1 fully saturated rings. The number of ether oxygens (including phenoxy) is 2. The van der Waals surface area contributed by atoms with Gasteiger partial charge in [-0.25, -0.2) is 0 Å². The van der Waals surface area contributed by atoms with Crippen molar-refractivity contribution >= 4 is 0 Å². The standard InChI is InChI=1S/C13H17N3O4/c14-16-15-5-4-11(17)12(18)9-2-1-3-10(8-9)13-19-6-7-20-13/h1-3,8,11-13,17-18H,4-7H2. The minimum atomic E-state index is -1.04. The van der Waals surface area contributed by atoms with E-state index in [0.717, 1.165) is 5.56 Å². The molecule has 2 rings (SSSR count). The maximum atomic E-state index is 10.1. The lowest BCUT2D eigenvalue weighted by molar-refractivity contribution is -0.0444. The second-order valence-corrected chi connectivity index (χ2v) is 4.50. The first-order valence-corrected chi connectivity index (χ1v) is 6.42. The Bertz CT molecular complexity index is 484. The van der Waals surface area contributed by atoms with Gasteiger partial charge >= 0.3 is 0 Å². The fourth-order valence-corrected chi connectivity index (χ4v) is 2.06. The van der Waals surface area contributed by atoms with Crippen LogP contribution in [0.25, 0.3) is 10.4 Å². The lowest BCUT2D eigenvalue weighted by Crippen LogP contribution is -2.19. The molecule has 0 spiro atoms. The van der Waals surface area contributed by atoms with Crippen molar-refractivity contribution in [2.24, 2.45) is 5.11 Å². The summed E-state index contributed by atoms with van der Waals surface area (Å²) < 4.78 is 10.8. The van der Waals surface area contributed by atoms with Crippen LogP contribution in [0.5, 0.6) is 0 Å². The van der Waals surface area contributed by atoms with Gasteiger partial charge in [0.15, 0.2) is 6.29 Å². The Morgan fingerprint density at radius 1 is 1.35 bits per heavy atom. The van der Waals surface area contributed by atoms with Crippen LogP contribution < -0.4 is 0 Å². The van der Waals surface area contributed by atoms with Gasteiger partial charge in [-0.1, -0.05) is 23.3 Å². The Kier molecular flexibility index (Phi) is 5.34. The minimum Gasteiger partial charge on any atom is -0.390 e. The van der Waals surface area contributed by atoms with Crippen molar-refractivity contribution in [1.82, 2.24) is 0 Å². The van der Waals surface area contributed by atoms with Crippen molar-refractivity contribution in [3.05, 3.63) is 45.8 Å². The van der Waals surface area contributed by atoms with Crippen LogP contribution in [-0.4, -0.2) is 36.1 Å². The number of benzene rings is 1. The monoisotopic (exact) mass is 279 g/mol. The molecule has 0 amide bonds. The molecule has 1 aromatic rings. The summed E-state index contributed by atoms with van der Waals surface area (Å²) in [4.78, 5) is 2.61. The van der Waals surface area contributed by atoms with Crippen LogP contribution in [0, 0.1) is 0 Å². The van der Waals surface area contributed by atoms with E-state index < -0.39 is 18.5 Å². The van der Waals surface area contributed by atoms with Crippen molar-refractivity contribution in [3.8, 4) is 0 Å². The van der Waals surface area contributed by atoms with Gasteiger partial charge in [0.2, 0.25) is 0 Å². The Morgan fingerprint density at radius 3 is 2.80 bits per heavy atom. The number of azide groups is 1. The molecule has 0 saturated carbocycles. The Balaban J connectivity index is 2.03. The molecule has 7 heteroatoms. The highest BCUT2D eigenvalue weighted by molar-refractivity contribution is 5.27. The Hall–Kier alpha value is -1.63. The van der Waals surface area contributed by atoms with E-state index in [1.165, 1.54) is 0 Å². The topological polar surface area (TPSA) is 108 Å². The summed E-state index contributed by atoms with van der Waals surface area (Å²) in [5.41, 5.74) is 9.56. The number of hydrogen-bond acceptors (Lipinski definition) is 5. The lowest BCUT2D eigenvalue weighted by Gasteiger charge is -2.19. The van der Waals surface area contributed by atoms with Gasteiger partial charge < -0.3 is 19.7 Å². The number of nitrogens with zero attached hydrogens (tertiary/aromatic N) is 3. The van der Waals surface area contributed by atoms with Crippen LogP contribution in [0.2, 0.25) is 0 Å². The third-order valence-corrected chi connectivity index (χ3v) is 3.10. The minimum absolute atomic E-state index is 0.142. The molecular weight excluding hydrogens is 262 g/mol. The molecule has 2 atom stereocenters. The van der Waals surface area contributed by atoms with Gasteiger partial charge in [-0.05, 0) is 23.6 Å². The van der Waals surface area contributed by atoms with E-state index in [1.807, 2.05) is 6.07 Å². The third kappa shape index (κ3) is 3.69. The van der Waals surface area contributed by atoms with Gasteiger partial charge in [-0.2, -0.15) is 0 Å². The van der Waals surface area contributed by atoms with E-state index >= 15 is 0 Å². The molecule has 108 valence electrons. The SMILES string of the molecule is [N-]=[N+]=NCCC(O)C(O)c1cccc(C2OCCO2)c1. The van der Waals surface area contributed by atoms with Gasteiger partial charge in [-0.15, -0.1) is 0 Å². The molecule has 7 nitrogen and oxygen atoms in total. The molecule has 1 heterocycles. The molecule has 0 aliphatic carbocycles. The second kappa shape index (κ2) is 7.23. The van der Waals surface area contributed by atoms with E-state index in [2.05, 4.69) is 10.0 Å². The van der Waals surface area contributed by atoms with E-state index in [-0.39, 0.29) is 13.0 Å². The summed E-state index contributed by atoms with van der Waals surface area (Å²) in [6.07, 6.45) is -2.24. The maximum absolute atomic E-state index is 10.1. The molecule has 1 saturated heterocycles. The Morgan fingerprint density at radius 2 is 2.10 bits per heavy atom. The molecule has 2 unspecified atom stereocenters. The molecule has 0 aromatic heterocycles. The predicted molar refractivity (Wildman–Crippen MR) is 70.7 cm³/mol. The zero-order chi connectivity index (χ0) is 14.4. The predicted octanol–water partition coefficient (Wildman–Crippen LogP) is 1.83. The van der Waals surface area contributed by atoms with Crippen molar-refractivity contribution in [1.29, 1.82) is 0 Å². The van der Waals surface area contributed by atoms with Crippen molar-refractivity contribution in [2.45, 2.75) is 24.9 Å². The summed E-state index contributed by atoms with van der Waals surface area (Å²) in [5, 5.41) is 23.3. The average Bonchev–Trinajstić information content (AvgIpc) is 3.01. The van der Waals surface area contributed by atoms with Gasteiger partial charge in [-0.3, -0.25) is 0 Å². The van der Waals surface area contributed by atoms with E-state index in [1.54, 1.807) is 18.2 Å².